The molecule has 0 N–H and O–H groups in total. The fourth-order valence-corrected chi connectivity index (χ4v) is 4.23. The van der Waals surface area contributed by atoms with E-state index in [4.69, 9.17) is 44.3 Å². The van der Waals surface area contributed by atoms with Crippen LogP contribution in [0.2, 0.25) is 15.1 Å². The van der Waals surface area contributed by atoms with Crippen LogP contribution in [0.5, 0.6) is 11.5 Å². The predicted molar refractivity (Wildman–Crippen MR) is 113 cm³/mol. The maximum Gasteiger partial charge on any atom is 0.293 e. The summed E-state index contributed by atoms with van der Waals surface area (Å²) in [6.45, 7) is 0.0602. The third kappa shape index (κ3) is 4.25. The molecule has 0 radical (unpaired) electrons. The number of hydrogen-bond donors (Lipinski definition) is 0. The van der Waals surface area contributed by atoms with Crippen LogP contribution in [0, 0.1) is 0 Å². The standard InChI is InChI=1S/C19H14Cl3NO4S/c1-26-15-6-10(5-14(22)17(15)27-2)7-16-18(24)23(19(25)28-16)9-11-3-4-12(20)8-13(11)21/h3-8H,9H2,1-2H3/b16-7-. The van der Waals surface area contributed by atoms with E-state index in [-0.39, 0.29) is 16.7 Å². The van der Waals surface area contributed by atoms with Gasteiger partial charge in [-0.25, -0.2) is 0 Å². The van der Waals surface area contributed by atoms with Crippen molar-refractivity contribution in [2.24, 2.45) is 0 Å². The topological polar surface area (TPSA) is 55.8 Å². The number of carbonyl (C=O) groups excluding carboxylic acids is 2. The number of imide groups is 1. The Morgan fingerprint density at radius 1 is 1.04 bits per heavy atom. The highest BCUT2D eigenvalue weighted by Crippen LogP contribution is 2.39. The first-order chi connectivity index (χ1) is 13.3. The Kier molecular flexibility index (Phi) is 6.45. The first-order valence-corrected chi connectivity index (χ1v) is 9.90. The molecule has 3 rings (SSSR count). The van der Waals surface area contributed by atoms with Crippen molar-refractivity contribution in [3.8, 4) is 11.5 Å². The number of thioether (sulfide) groups is 1. The summed E-state index contributed by atoms with van der Waals surface area (Å²) in [5.74, 6) is 0.409. The summed E-state index contributed by atoms with van der Waals surface area (Å²) in [5.41, 5.74) is 1.24. The van der Waals surface area contributed by atoms with Crippen LogP contribution in [0.1, 0.15) is 11.1 Å². The van der Waals surface area contributed by atoms with Gasteiger partial charge in [-0.15, -0.1) is 0 Å². The van der Waals surface area contributed by atoms with Gasteiger partial charge in [0.25, 0.3) is 11.1 Å². The molecule has 1 fully saturated rings. The minimum Gasteiger partial charge on any atom is -0.493 e. The minimum atomic E-state index is -0.410. The molecule has 1 aliphatic heterocycles. The molecule has 5 nitrogen and oxygen atoms in total. The lowest BCUT2D eigenvalue weighted by Gasteiger charge is -2.13. The smallest absolute Gasteiger partial charge is 0.293 e. The molecular weight excluding hydrogens is 445 g/mol. The molecule has 0 unspecified atom stereocenters. The van der Waals surface area contributed by atoms with Crippen LogP contribution >= 0.6 is 46.6 Å². The Balaban J connectivity index is 1.88. The lowest BCUT2D eigenvalue weighted by Crippen LogP contribution is -2.27. The largest absolute Gasteiger partial charge is 0.493 e. The zero-order valence-electron chi connectivity index (χ0n) is 14.8. The van der Waals surface area contributed by atoms with Gasteiger partial charge in [-0.2, -0.15) is 0 Å². The first-order valence-electron chi connectivity index (χ1n) is 7.95. The highest BCUT2D eigenvalue weighted by Gasteiger charge is 2.35. The molecular formula is C19H14Cl3NO4S. The zero-order valence-corrected chi connectivity index (χ0v) is 17.9. The lowest BCUT2D eigenvalue weighted by atomic mass is 10.1. The number of halogens is 3. The molecule has 2 amide bonds. The third-order valence-corrected chi connectivity index (χ3v) is 5.75. The normalized spacial score (nSPS) is 15.5. The Hall–Kier alpha value is -1.86. The van der Waals surface area contributed by atoms with Crippen molar-refractivity contribution in [3.05, 3.63) is 61.4 Å². The molecule has 0 saturated carbocycles. The fraction of sp³-hybridized carbons (Fsp3) is 0.158. The predicted octanol–water partition coefficient (Wildman–Crippen LogP) is 5.90. The van der Waals surface area contributed by atoms with Crippen molar-refractivity contribution < 1.29 is 19.1 Å². The molecule has 146 valence electrons. The van der Waals surface area contributed by atoms with E-state index in [1.54, 1.807) is 36.4 Å². The molecule has 2 aromatic carbocycles. The van der Waals surface area contributed by atoms with E-state index in [0.717, 1.165) is 16.7 Å². The van der Waals surface area contributed by atoms with Gasteiger partial charge in [-0.3, -0.25) is 14.5 Å². The number of nitrogens with zero attached hydrogens (tertiary/aromatic N) is 1. The van der Waals surface area contributed by atoms with Gasteiger partial charge in [0.1, 0.15) is 0 Å². The van der Waals surface area contributed by atoms with E-state index < -0.39 is 5.91 Å². The van der Waals surface area contributed by atoms with Gasteiger partial charge in [0.15, 0.2) is 11.5 Å². The number of hydrogen-bond acceptors (Lipinski definition) is 5. The molecule has 28 heavy (non-hydrogen) atoms. The summed E-state index contributed by atoms with van der Waals surface area (Å²) in [6, 6.07) is 8.22. The van der Waals surface area contributed by atoms with Crippen molar-refractivity contribution in [1.82, 2.24) is 4.90 Å². The van der Waals surface area contributed by atoms with Crippen LogP contribution in [-0.4, -0.2) is 30.3 Å². The molecule has 9 heteroatoms. The molecule has 0 atom stereocenters. The summed E-state index contributed by atoms with van der Waals surface area (Å²) >= 11 is 19.1. The Labute approximate surface area is 181 Å². The highest BCUT2D eigenvalue weighted by atomic mass is 35.5. The van der Waals surface area contributed by atoms with E-state index in [1.165, 1.54) is 14.2 Å². The van der Waals surface area contributed by atoms with Crippen LogP contribution < -0.4 is 9.47 Å². The Morgan fingerprint density at radius 3 is 2.43 bits per heavy atom. The van der Waals surface area contributed by atoms with Gasteiger partial charge < -0.3 is 9.47 Å². The second-order valence-corrected chi connectivity index (χ2v) is 7.99. The molecule has 1 heterocycles. The minimum absolute atomic E-state index is 0.0602. The average molecular weight is 459 g/mol. The van der Waals surface area contributed by atoms with Gasteiger partial charge >= 0.3 is 0 Å². The van der Waals surface area contributed by atoms with Crippen molar-refractivity contribution in [2.75, 3.05) is 14.2 Å². The first kappa shape index (κ1) is 20.9. The fourth-order valence-electron chi connectivity index (χ4n) is 2.63. The van der Waals surface area contributed by atoms with Crippen molar-refractivity contribution in [3.63, 3.8) is 0 Å². The van der Waals surface area contributed by atoms with Crippen LogP contribution in [0.4, 0.5) is 4.79 Å². The van der Waals surface area contributed by atoms with Crippen molar-refractivity contribution in [2.45, 2.75) is 6.54 Å². The second kappa shape index (κ2) is 8.66. The van der Waals surface area contributed by atoms with E-state index in [9.17, 15) is 9.59 Å². The summed E-state index contributed by atoms with van der Waals surface area (Å²) in [7, 11) is 2.97. The SMILES string of the molecule is COc1cc(/C=C2\SC(=O)N(Cc3ccc(Cl)cc3Cl)C2=O)cc(Cl)c1OC. The van der Waals surface area contributed by atoms with E-state index in [0.29, 0.717) is 37.7 Å². The van der Waals surface area contributed by atoms with Gasteiger partial charge in [0.05, 0.1) is 30.7 Å². The molecule has 1 saturated heterocycles. The quantitative estimate of drug-likeness (QED) is 0.522. The average Bonchev–Trinajstić information content (AvgIpc) is 2.90. The summed E-state index contributed by atoms with van der Waals surface area (Å²) in [5, 5.41) is 0.824. The van der Waals surface area contributed by atoms with Gasteiger partial charge in [-0.1, -0.05) is 40.9 Å². The third-order valence-electron chi connectivity index (χ3n) is 3.97. The monoisotopic (exact) mass is 457 g/mol. The van der Waals surface area contributed by atoms with Crippen LogP contribution in [0.25, 0.3) is 6.08 Å². The number of ether oxygens (including phenoxy) is 2. The molecule has 0 aromatic heterocycles. The summed E-state index contributed by atoms with van der Waals surface area (Å²) in [4.78, 5) is 26.5. The zero-order chi connectivity index (χ0) is 20.4. The molecule has 0 spiro atoms. The molecule has 0 aliphatic carbocycles. The Morgan fingerprint density at radius 2 is 1.79 bits per heavy atom. The van der Waals surface area contributed by atoms with E-state index in [2.05, 4.69) is 0 Å². The number of methoxy groups -OCH3 is 2. The van der Waals surface area contributed by atoms with Crippen molar-refractivity contribution >= 4 is 63.8 Å². The Bertz CT molecular complexity index is 993. The number of rotatable bonds is 5. The van der Waals surface area contributed by atoms with E-state index in [1.807, 2.05) is 0 Å². The lowest BCUT2D eigenvalue weighted by molar-refractivity contribution is -0.123. The van der Waals surface area contributed by atoms with E-state index >= 15 is 0 Å². The van der Waals surface area contributed by atoms with Crippen LogP contribution in [0.3, 0.4) is 0 Å². The van der Waals surface area contributed by atoms with Gasteiger partial charge in [0, 0.05) is 10.0 Å². The maximum absolute atomic E-state index is 12.7. The number of carbonyl (C=O) groups is 2. The van der Waals surface area contributed by atoms with Crippen LogP contribution in [-0.2, 0) is 11.3 Å². The maximum atomic E-state index is 12.7. The molecule has 1 aliphatic rings. The second-order valence-electron chi connectivity index (χ2n) is 5.74. The molecule has 0 bridgehead atoms. The number of amides is 2. The van der Waals surface area contributed by atoms with Crippen LogP contribution in [0.15, 0.2) is 35.2 Å². The van der Waals surface area contributed by atoms with Gasteiger partial charge in [0.2, 0.25) is 0 Å². The van der Waals surface area contributed by atoms with Gasteiger partial charge in [-0.05, 0) is 53.2 Å². The molecule has 2 aromatic rings. The number of benzene rings is 2. The van der Waals surface area contributed by atoms with Crippen molar-refractivity contribution in [1.29, 1.82) is 0 Å². The summed E-state index contributed by atoms with van der Waals surface area (Å²) in [6.07, 6.45) is 1.59. The summed E-state index contributed by atoms with van der Waals surface area (Å²) < 4.78 is 10.5. The highest BCUT2D eigenvalue weighted by molar-refractivity contribution is 8.18.